The van der Waals surface area contributed by atoms with Crippen LogP contribution in [0, 0.1) is 5.92 Å². The Kier molecular flexibility index (Phi) is 11.3. The highest BCUT2D eigenvalue weighted by molar-refractivity contribution is 5.53. The van der Waals surface area contributed by atoms with Gasteiger partial charge in [0, 0.05) is 6.04 Å². The van der Waals surface area contributed by atoms with E-state index >= 15 is 0 Å². The van der Waals surface area contributed by atoms with Crippen LogP contribution in [0.5, 0.6) is 0 Å². The zero-order valence-corrected chi connectivity index (χ0v) is 10.3. The van der Waals surface area contributed by atoms with Crippen molar-refractivity contribution in [3.8, 4) is 0 Å². The SMILES string of the molecule is CC.CC1CCN(C)C1C.O=CC(F)F. The van der Waals surface area contributed by atoms with Gasteiger partial charge in [0.15, 0.2) is 6.29 Å². The van der Waals surface area contributed by atoms with E-state index in [1.165, 1.54) is 13.0 Å². The van der Waals surface area contributed by atoms with Gasteiger partial charge in [0.1, 0.15) is 0 Å². The van der Waals surface area contributed by atoms with Gasteiger partial charge in [0.2, 0.25) is 0 Å². The average molecular weight is 223 g/mol. The van der Waals surface area contributed by atoms with E-state index in [4.69, 9.17) is 4.79 Å². The first kappa shape index (κ1) is 16.9. The average Bonchev–Trinajstić information content (AvgIpc) is 2.53. The molecule has 0 saturated carbocycles. The standard InChI is InChI=1S/C7H15N.C2H2F2O.C2H6/c1-6-4-5-8(3)7(6)2;3-2(4)1-5;1-2/h6-7H,4-5H2,1-3H3;1-2H;1-2H3. The molecule has 4 heteroatoms. The van der Waals surface area contributed by atoms with Crippen molar-refractivity contribution in [2.45, 2.75) is 46.6 Å². The van der Waals surface area contributed by atoms with E-state index in [-0.39, 0.29) is 0 Å². The summed E-state index contributed by atoms with van der Waals surface area (Å²) < 4.78 is 20.8. The molecule has 0 aromatic rings. The number of aldehydes is 1. The number of likely N-dealkylation sites (tertiary alicyclic amines) is 1. The summed E-state index contributed by atoms with van der Waals surface area (Å²) in [5.41, 5.74) is 0. The van der Waals surface area contributed by atoms with Crippen LogP contribution >= 0.6 is 0 Å². The monoisotopic (exact) mass is 223 g/mol. The summed E-state index contributed by atoms with van der Waals surface area (Å²) >= 11 is 0. The zero-order chi connectivity index (χ0) is 12.4. The van der Waals surface area contributed by atoms with Crippen LogP contribution in [0.4, 0.5) is 8.78 Å². The third-order valence-electron chi connectivity index (χ3n) is 2.56. The minimum absolute atomic E-state index is 0.417. The molecule has 1 rings (SSSR count). The molecule has 1 aliphatic rings. The first-order valence-electron chi connectivity index (χ1n) is 5.42. The van der Waals surface area contributed by atoms with Gasteiger partial charge in [-0.05, 0) is 32.9 Å². The predicted molar refractivity (Wildman–Crippen MR) is 59.3 cm³/mol. The van der Waals surface area contributed by atoms with Crippen LogP contribution < -0.4 is 0 Å². The molecule has 0 aliphatic carbocycles. The Morgan fingerprint density at radius 1 is 1.33 bits per heavy atom. The Morgan fingerprint density at radius 3 is 1.80 bits per heavy atom. The summed E-state index contributed by atoms with van der Waals surface area (Å²) in [6.45, 7) is 9.92. The maximum absolute atomic E-state index is 10.4. The number of nitrogens with zero attached hydrogens (tertiary/aromatic N) is 1. The Labute approximate surface area is 91.6 Å². The molecule has 0 radical (unpaired) electrons. The van der Waals surface area contributed by atoms with E-state index in [9.17, 15) is 8.78 Å². The van der Waals surface area contributed by atoms with Gasteiger partial charge in [0.05, 0.1) is 0 Å². The maximum Gasteiger partial charge on any atom is 0.293 e. The normalized spacial score (nSPS) is 25.1. The molecule has 0 spiro atoms. The van der Waals surface area contributed by atoms with Gasteiger partial charge in [0.25, 0.3) is 6.43 Å². The van der Waals surface area contributed by atoms with Crippen LogP contribution in [0.3, 0.4) is 0 Å². The fourth-order valence-electron chi connectivity index (χ4n) is 1.29. The Bertz CT molecular complexity index is 144. The molecule has 2 nitrogen and oxygen atoms in total. The van der Waals surface area contributed by atoms with Gasteiger partial charge in [-0.15, -0.1) is 0 Å². The second-order valence-electron chi connectivity index (χ2n) is 3.46. The molecule has 2 atom stereocenters. The molecule has 15 heavy (non-hydrogen) atoms. The van der Waals surface area contributed by atoms with Crippen LogP contribution in [-0.4, -0.2) is 37.2 Å². The summed E-state index contributed by atoms with van der Waals surface area (Å²) in [5.74, 6) is 0.917. The van der Waals surface area contributed by atoms with Gasteiger partial charge in [-0.2, -0.15) is 0 Å². The molecule has 1 fully saturated rings. The summed E-state index contributed by atoms with van der Waals surface area (Å²) in [5, 5.41) is 0. The number of halogens is 2. The minimum Gasteiger partial charge on any atom is -0.303 e. The molecule has 92 valence electrons. The summed E-state index contributed by atoms with van der Waals surface area (Å²) in [6.07, 6.45) is -1.83. The van der Waals surface area contributed by atoms with Gasteiger partial charge >= 0.3 is 0 Å². The van der Waals surface area contributed by atoms with Gasteiger partial charge in [-0.1, -0.05) is 20.8 Å². The largest absolute Gasteiger partial charge is 0.303 e. The van der Waals surface area contributed by atoms with Gasteiger partial charge in [-0.25, -0.2) is 8.78 Å². The predicted octanol–water partition coefficient (Wildman–Crippen LogP) is 2.82. The highest BCUT2D eigenvalue weighted by atomic mass is 19.3. The van der Waals surface area contributed by atoms with Crippen LogP contribution in [0.15, 0.2) is 0 Å². The van der Waals surface area contributed by atoms with Crippen LogP contribution in [0.2, 0.25) is 0 Å². The van der Waals surface area contributed by atoms with E-state index in [0.717, 1.165) is 12.0 Å². The molecule has 0 aromatic carbocycles. The lowest BCUT2D eigenvalue weighted by atomic mass is 10.1. The quantitative estimate of drug-likeness (QED) is 0.637. The fourth-order valence-corrected chi connectivity index (χ4v) is 1.29. The molecular formula is C11H23F2NO. The Hall–Kier alpha value is -0.510. The minimum atomic E-state index is -2.80. The number of alkyl halides is 2. The molecule has 1 saturated heterocycles. The number of hydrogen-bond acceptors (Lipinski definition) is 2. The maximum atomic E-state index is 10.4. The van der Waals surface area contributed by atoms with Crippen molar-refractivity contribution in [2.75, 3.05) is 13.6 Å². The van der Waals surface area contributed by atoms with Gasteiger partial charge < -0.3 is 4.90 Å². The zero-order valence-electron chi connectivity index (χ0n) is 10.3. The van der Waals surface area contributed by atoms with Crippen LogP contribution in [0.1, 0.15) is 34.1 Å². The van der Waals surface area contributed by atoms with Crippen molar-refractivity contribution < 1.29 is 13.6 Å². The van der Waals surface area contributed by atoms with E-state index in [0.29, 0.717) is 0 Å². The Balaban J connectivity index is 0. The summed E-state index contributed by atoms with van der Waals surface area (Å²) in [7, 11) is 2.20. The molecule has 0 amide bonds. The molecule has 1 heterocycles. The van der Waals surface area contributed by atoms with Gasteiger partial charge in [-0.3, -0.25) is 4.79 Å². The third kappa shape index (κ3) is 8.48. The highest BCUT2D eigenvalue weighted by Crippen LogP contribution is 2.20. The molecule has 2 unspecified atom stereocenters. The first-order valence-corrected chi connectivity index (χ1v) is 5.42. The lowest BCUT2D eigenvalue weighted by Gasteiger charge is -2.16. The molecule has 0 aromatic heterocycles. The second kappa shape index (κ2) is 10.0. The van der Waals surface area contributed by atoms with Crippen molar-refractivity contribution in [1.29, 1.82) is 0 Å². The van der Waals surface area contributed by atoms with Crippen molar-refractivity contribution in [2.24, 2.45) is 5.92 Å². The van der Waals surface area contributed by atoms with Crippen molar-refractivity contribution >= 4 is 6.29 Å². The first-order chi connectivity index (χ1) is 6.99. The second-order valence-corrected chi connectivity index (χ2v) is 3.46. The molecule has 0 bridgehead atoms. The summed E-state index contributed by atoms with van der Waals surface area (Å²) in [4.78, 5) is 11.2. The van der Waals surface area contributed by atoms with Crippen LogP contribution in [-0.2, 0) is 4.79 Å². The number of carbonyl (C=O) groups is 1. The summed E-state index contributed by atoms with van der Waals surface area (Å²) in [6, 6.07) is 0.815. The van der Waals surface area contributed by atoms with E-state index in [1.807, 2.05) is 13.8 Å². The van der Waals surface area contributed by atoms with Crippen molar-refractivity contribution in [3.63, 3.8) is 0 Å². The van der Waals surface area contributed by atoms with Crippen LogP contribution in [0.25, 0.3) is 0 Å². The highest BCUT2D eigenvalue weighted by Gasteiger charge is 2.23. The Morgan fingerprint density at radius 2 is 1.73 bits per heavy atom. The van der Waals surface area contributed by atoms with E-state index < -0.39 is 12.7 Å². The topological polar surface area (TPSA) is 20.3 Å². The lowest BCUT2D eigenvalue weighted by Crippen LogP contribution is -2.24. The molecule has 1 aliphatic heterocycles. The fraction of sp³-hybridized carbons (Fsp3) is 0.909. The number of carbonyl (C=O) groups excluding carboxylic acids is 1. The van der Waals surface area contributed by atoms with E-state index in [2.05, 4.69) is 25.8 Å². The van der Waals surface area contributed by atoms with E-state index in [1.54, 1.807) is 0 Å². The molecular weight excluding hydrogens is 200 g/mol. The smallest absolute Gasteiger partial charge is 0.293 e. The lowest BCUT2D eigenvalue weighted by molar-refractivity contribution is -0.116. The van der Waals surface area contributed by atoms with Crippen molar-refractivity contribution in [1.82, 2.24) is 4.90 Å². The number of hydrogen-bond donors (Lipinski definition) is 0. The number of rotatable bonds is 1. The molecule has 0 N–H and O–H groups in total. The third-order valence-corrected chi connectivity index (χ3v) is 2.56. The van der Waals surface area contributed by atoms with Crippen molar-refractivity contribution in [3.05, 3.63) is 0 Å².